The second kappa shape index (κ2) is 5.94. The van der Waals surface area contributed by atoms with E-state index in [9.17, 15) is 8.78 Å². The molecule has 0 bridgehead atoms. The van der Waals surface area contributed by atoms with Crippen molar-refractivity contribution in [3.05, 3.63) is 40.1 Å². The zero-order valence-electron chi connectivity index (χ0n) is 10.3. The summed E-state index contributed by atoms with van der Waals surface area (Å²) in [7, 11) is 0. The summed E-state index contributed by atoms with van der Waals surface area (Å²) >= 11 is 1.63. The smallest absolute Gasteiger partial charge is 0.178 e. The number of nitrogens with two attached hydrogens (primary N) is 1. The SMILES string of the molecule is CC(Cc1cccs1)Nc1nc(NN)c(F)cc1F. The zero-order valence-corrected chi connectivity index (χ0v) is 11.1. The maximum atomic E-state index is 13.6. The number of halogens is 2. The molecule has 0 aliphatic heterocycles. The first-order valence-corrected chi connectivity index (χ1v) is 6.59. The largest absolute Gasteiger partial charge is 0.365 e. The molecule has 1 atom stereocenters. The Hall–Kier alpha value is -1.73. The van der Waals surface area contributed by atoms with E-state index in [1.54, 1.807) is 11.3 Å². The van der Waals surface area contributed by atoms with Crippen LogP contribution in [0.2, 0.25) is 0 Å². The number of nitrogens with zero attached hydrogens (tertiary/aromatic N) is 1. The average Bonchev–Trinajstić information content (AvgIpc) is 2.85. The van der Waals surface area contributed by atoms with Crippen LogP contribution in [-0.4, -0.2) is 11.0 Å². The van der Waals surface area contributed by atoms with Crippen molar-refractivity contribution in [2.75, 3.05) is 10.7 Å². The predicted molar refractivity (Wildman–Crippen MR) is 73.1 cm³/mol. The molecule has 4 N–H and O–H groups in total. The zero-order chi connectivity index (χ0) is 13.8. The van der Waals surface area contributed by atoms with Crippen molar-refractivity contribution >= 4 is 23.0 Å². The third kappa shape index (κ3) is 3.39. The Balaban J connectivity index is 2.09. The Morgan fingerprint density at radius 1 is 1.37 bits per heavy atom. The molecular weight excluding hydrogens is 270 g/mol. The Bertz CT molecular complexity index is 545. The number of nitrogens with one attached hydrogen (secondary N) is 2. The van der Waals surface area contributed by atoms with Crippen molar-refractivity contribution < 1.29 is 8.78 Å². The van der Waals surface area contributed by atoms with E-state index >= 15 is 0 Å². The van der Waals surface area contributed by atoms with Crippen molar-refractivity contribution in [1.82, 2.24) is 4.98 Å². The number of hydrogen-bond acceptors (Lipinski definition) is 5. The van der Waals surface area contributed by atoms with Crippen molar-refractivity contribution in [2.24, 2.45) is 5.84 Å². The Morgan fingerprint density at radius 2 is 2.11 bits per heavy atom. The van der Waals surface area contributed by atoms with Crippen molar-refractivity contribution in [3.8, 4) is 0 Å². The van der Waals surface area contributed by atoms with Crippen LogP contribution in [0.3, 0.4) is 0 Å². The highest BCUT2D eigenvalue weighted by atomic mass is 32.1. The Kier molecular flexibility index (Phi) is 4.28. The number of rotatable bonds is 5. The normalized spacial score (nSPS) is 12.2. The lowest BCUT2D eigenvalue weighted by molar-refractivity contribution is 0.576. The van der Waals surface area contributed by atoms with E-state index in [0.717, 1.165) is 12.5 Å². The van der Waals surface area contributed by atoms with Gasteiger partial charge in [0.1, 0.15) is 0 Å². The summed E-state index contributed by atoms with van der Waals surface area (Å²) in [5.41, 5.74) is 2.09. The van der Waals surface area contributed by atoms with Gasteiger partial charge in [0.25, 0.3) is 0 Å². The molecule has 0 aliphatic carbocycles. The third-order valence-electron chi connectivity index (χ3n) is 2.54. The number of aromatic nitrogens is 1. The minimum Gasteiger partial charge on any atom is -0.365 e. The van der Waals surface area contributed by atoms with Gasteiger partial charge in [0.15, 0.2) is 23.3 Å². The summed E-state index contributed by atoms with van der Waals surface area (Å²) in [6, 6.07) is 4.68. The van der Waals surface area contributed by atoms with Crippen LogP contribution in [0.4, 0.5) is 20.4 Å². The summed E-state index contributed by atoms with van der Waals surface area (Å²) in [5, 5.41) is 4.89. The second-order valence-electron chi connectivity index (χ2n) is 4.12. The molecule has 4 nitrogen and oxygen atoms in total. The molecule has 2 rings (SSSR count). The molecule has 2 aromatic rings. The minimum atomic E-state index is -0.823. The molecule has 0 fully saturated rings. The maximum Gasteiger partial charge on any atom is 0.178 e. The molecule has 0 aliphatic rings. The van der Waals surface area contributed by atoms with Gasteiger partial charge >= 0.3 is 0 Å². The van der Waals surface area contributed by atoms with E-state index in [0.29, 0.717) is 0 Å². The molecule has 0 amide bonds. The third-order valence-corrected chi connectivity index (χ3v) is 3.44. The molecule has 2 heterocycles. The van der Waals surface area contributed by atoms with Crippen molar-refractivity contribution in [3.63, 3.8) is 0 Å². The molecule has 19 heavy (non-hydrogen) atoms. The maximum absolute atomic E-state index is 13.6. The van der Waals surface area contributed by atoms with E-state index in [1.807, 2.05) is 24.4 Å². The molecule has 0 saturated carbocycles. The fourth-order valence-electron chi connectivity index (χ4n) is 1.68. The van der Waals surface area contributed by atoms with Crippen molar-refractivity contribution in [2.45, 2.75) is 19.4 Å². The van der Waals surface area contributed by atoms with Gasteiger partial charge in [0.05, 0.1) is 0 Å². The van der Waals surface area contributed by atoms with Gasteiger partial charge < -0.3 is 10.7 Å². The van der Waals surface area contributed by atoms with Crippen LogP contribution >= 0.6 is 11.3 Å². The number of hydrazine groups is 1. The van der Waals surface area contributed by atoms with E-state index in [1.165, 1.54) is 4.88 Å². The molecule has 2 aromatic heterocycles. The second-order valence-corrected chi connectivity index (χ2v) is 5.15. The van der Waals surface area contributed by atoms with Gasteiger partial charge in [-0.3, -0.25) is 0 Å². The lowest BCUT2D eigenvalue weighted by Crippen LogP contribution is -2.20. The number of hydrogen-bond donors (Lipinski definition) is 3. The first-order valence-electron chi connectivity index (χ1n) is 5.71. The molecule has 0 spiro atoms. The van der Waals surface area contributed by atoms with Crippen LogP contribution in [0, 0.1) is 11.6 Å². The molecule has 0 saturated heterocycles. The fourth-order valence-corrected chi connectivity index (χ4v) is 2.52. The quantitative estimate of drug-likeness (QED) is 0.583. The Morgan fingerprint density at radius 3 is 2.74 bits per heavy atom. The van der Waals surface area contributed by atoms with E-state index in [-0.39, 0.29) is 17.7 Å². The van der Waals surface area contributed by atoms with Gasteiger partial charge in [-0.1, -0.05) is 6.07 Å². The van der Waals surface area contributed by atoms with Gasteiger partial charge in [0, 0.05) is 23.4 Å². The number of pyridine rings is 1. The van der Waals surface area contributed by atoms with E-state index in [4.69, 9.17) is 5.84 Å². The number of anilines is 2. The van der Waals surface area contributed by atoms with E-state index in [2.05, 4.69) is 15.7 Å². The van der Waals surface area contributed by atoms with Crippen LogP contribution in [0.15, 0.2) is 23.6 Å². The summed E-state index contributed by atoms with van der Waals surface area (Å²) in [6.07, 6.45) is 0.738. The molecule has 1 unspecified atom stereocenters. The lowest BCUT2D eigenvalue weighted by atomic mass is 10.2. The number of thiophene rings is 1. The van der Waals surface area contributed by atoms with Crippen molar-refractivity contribution in [1.29, 1.82) is 0 Å². The highest BCUT2D eigenvalue weighted by molar-refractivity contribution is 7.09. The van der Waals surface area contributed by atoms with Gasteiger partial charge in [-0.2, -0.15) is 0 Å². The van der Waals surface area contributed by atoms with E-state index < -0.39 is 11.6 Å². The molecule has 0 aromatic carbocycles. The average molecular weight is 284 g/mol. The summed E-state index contributed by atoms with van der Waals surface area (Å²) in [5.74, 6) is 3.34. The lowest BCUT2D eigenvalue weighted by Gasteiger charge is -2.15. The first-order chi connectivity index (χ1) is 9.10. The molecular formula is C12H14F2N4S. The summed E-state index contributed by atoms with van der Waals surface area (Å²) in [6.45, 7) is 1.90. The minimum absolute atomic E-state index is 0.0154. The molecule has 7 heteroatoms. The van der Waals surface area contributed by atoms with Crippen LogP contribution in [0.25, 0.3) is 0 Å². The standard InChI is InChI=1S/C12H14F2N4S/c1-7(5-8-3-2-4-19-8)16-11-9(13)6-10(14)12(17-11)18-15/h2-4,6-7H,5,15H2,1H3,(H2,16,17,18). The summed E-state index contributed by atoms with van der Waals surface area (Å²) in [4.78, 5) is 4.95. The summed E-state index contributed by atoms with van der Waals surface area (Å²) < 4.78 is 26.8. The highest BCUT2D eigenvalue weighted by Gasteiger charge is 2.13. The van der Waals surface area contributed by atoms with Gasteiger partial charge in [0.2, 0.25) is 0 Å². The molecule has 0 radical (unpaired) electrons. The monoisotopic (exact) mass is 284 g/mol. The number of nitrogen functional groups attached to an aromatic ring is 1. The van der Waals surface area contributed by atoms with Crippen LogP contribution in [0.5, 0.6) is 0 Å². The van der Waals surface area contributed by atoms with Gasteiger partial charge in [-0.15, -0.1) is 11.3 Å². The predicted octanol–water partition coefficient (Wildman–Crippen LogP) is 2.75. The highest BCUT2D eigenvalue weighted by Crippen LogP contribution is 2.20. The van der Waals surface area contributed by atoms with Crippen LogP contribution in [0.1, 0.15) is 11.8 Å². The molecule has 102 valence electrons. The first kappa shape index (κ1) is 13.7. The fraction of sp³-hybridized carbons (Fsp3) is 0.250. The Labute approximate surface area is 113 Å². The van der Waals surface area contributed by atoms with Crippen LogP contribution < -0.4 is 16.6 Å². The van der Waals surface area contributed by atoms with Crippen LogP contribution in [-0.2, 0) is 6.42 Å². The van der Waals surface area contributed by atoms with Gasteiger partial charge in [-0.25, -0.2) is 19.6 Å². The van der Waals surface area contributed by atoms with Gasteiger partial charge in [-0.05, 0) is 18.4 Å². The topological polar surface area (TPSA) is 63.0 Å².